The summed E-state index contributed by atoms with van der Waals surface area (Å²) in [6, 6.07) is 17.4. The summed E-state index contributed by atoms with van der Waals surface area (Å²) in [5, 5.41) is 36.3. The number of amides is 1. The van der Waals surface area contributed by atoms with Crippen molar-refractivity contribution in [1.29, 1.82) is 0 Å². The van der Waals surface area contributed by atoms with Crippen molar-refractivity contribution in [3.8, 4) is 17.2 Å². The van der Waals surface area contributed by atoms with Crippen LogP contribution in [-0.2, 0) is 19.1 Å². The minimum atomic E-state index is -1.42. The zero-order valence-corrected chi connectivity index (χ0v) is 38.1. The lowest BCUT2D eigenvalue weighted by Gasteiger charge is -2.60. The standard InChI is InChI=1S/C52H65N3O10/c1-5-26-54(48(58)25-19-37-17-20-39(21-18-37)55(59)60)47-34-45(53-65-49-15-9-12-30-61-49)43-32-38(13-7-10-27-56)42(14-8-11-28-57)50-44-33-41(63-40-22-16-35(3)36(4)31-40)23-24-46(44)64-52(47,51(43)50)62-29-6-2/h6,16-25,31-33,38,42,47,49-51,56-57H,2,5,7-15,26-30,34H2,1,3-4H3. The van der Waals surface area contributed by atoms with Gasteiger partial charge in [0.15, 0.2) is 0 Å². The third kappa shape index (κ3) is 10.9. The third-order valence-electron chi connectivity index (χ3n) is 13.4. The molecular weight excluding hydrogens is 827 g/mol. The Bertz CT molecular complexity index is 2220. The number of aryl methyl sites for hydroxylation is 2. The molecule has 1 saturated heterocycles. The van der Waals surface area contributed by atoms with Crippen molar-refractivity contribution in [3.05, 3.63) is 123 Å². The monoisotopic (exact) mass is 891 g/mol. The quantitative estimate of drug-likeness (QED) is 0.0346. The molecule has 0 bridgehead atoms. The number of non-ortho nitro benzene ring substituents is 1. The van der Waals surface area contributed by atoms with Crippen LogP contribution in [-0.4, -0.2) is 82.7 Å². The molecule has 7 atom stereocenters. The van der Waals surface area contributed by atoms with Gasteiger partial charge in [-0.2, -0.15) is 0 Å². The summed E-state index contributed by atoms with van der Waals surface area (Å²) in [6.45, 7) is 11.5. The first-order chi connectivity index (χ1) is 31.6. The van der Waals surface area contributed by atoms with Gasteiger partial charge in [0.05, 0.1) is 29.8 Å². The zero-order chi connectivity index (χ0) is 45.9. The van der Waals surface area contributed by atoms with E-state index in [9.17, 15) is 25.1 Å². The molecule has 4 aliphatic rings. The predicted octanol–water partition coefficient (Wildman–Crippen LogP) is 10.1. The van der Waals surface area contributed by atoms with Gasteiger partial charge in [0.1, 0.15) is 23.3 Å². The van der Waals surface area contributed by atoms with Crippen LogP contribution in [0.25, 0.3) is 6.08 Å². The van der Waals surface area contributed by atoms with Crippen molar-refractivity contribution < 1.29 is 43.7 Å². The van der Waals surface area contributed by atoms with E-state index in [1.54, 1.807) is 24.3 Å². The predicted molar refractivity (Wildman–Crippen MR) is 250 cm³/mol. The number of ether oxygens (including phenoxy) is 4. The maximum Gasteiger partial charge on any atom is 0.269 e. The number of aliphatic hydroxyl groups is 2. The van der Waals surface area contributed by atoms with Crippen LogP contribution in [0, 0.1) is 41.7 Å². The van der Waals surface area contributed by atoms with Gasteiger partial charge in [-0.05, 0) is 141 Å². The summed E-state index contributed by atoms with van der Waals surface area (Å²) in [5.74, 6) is -0.287. The molecule has 0 aromatic heterocycles. The van der Waals surface area contributed by atoms with E-state index < -0.39 is 29.0 Å². The first kappa shape index (κ1) is 47.6. The van der Waals surface area contributed by atoms with Crippen LogP contribution in [0.1, 0.15) is 106 Å². The first-order valence-electron chi connectivity index (χ1n) is 23.4. The summed E-state index contributed by atoms with van der Waals surface area (Å²) < 4.78 is 27.1. The number of nitrogens with zero attached hydrogens (tertiary/aromatic N) is 3. The maximum absolute atomic E-state index is 14.8. The molecule has 3 aromatic carbocycles. The highest BCUT2D eigenvalue weighted by Crippen LogP contribution is 2.62. The number of unbranched alkanes of at least 4 members (excludes halogenated alkanes) is 2. The van der Waals surface area contributed by atoms with Crippen LogP contribution in [0.5, 0.6) is 17.2 Å². The normalized spacial score (nSPS) is 25.2. The molecule has 7 rings (SSSR count). The first-order valence-corrected chi connectivity index (χ1v) is 23.4. The number of aliphatic hydroxyl groups excluding tert-OH is 2. The van der Waals surface area contributed by atoms with E-state index in [0.29, 0.717) is 61.6 Å². The number of hydrogen-bond acceptors (Lipinski definition) is 11. The second-order valence-corrected chi connectivity index (χ2v) is 17.7. The minimum Gasteiger partial charge on any atom is -0.459 e. The molecule has 0 radical (unpaired) electrons. The average molecular weight is 892 g/mol. The van der Waals surface area contributed by atoms with E-state index in [4.69, 9.17) is 28.9 Å². The van der Waals surface area contributed by atoms with Crippen LogP contribution in [0.15, 0.2) is 96.2 Å². The molecule has 65 heavy (non-hydrogen) atoms. The lowest BCUT2D eigenvalue weighted by atomic mass is 9.55. The van der Waals surface area contributed by atoms with Gasteiger partial charge in [-0.3, -0.25) is 14.9 Å². The fraction of sp³-hybridized carbons (Fsp3) is 0.500. The molecular formula is C52H65N3O10. The Morgan fingerprint density at radius 1 is 1.00 bits per heavy atom. The number of hydrogen-bond donors (Lipinski definition) is 2. The molecule has 0 spiro atoms. The molecule has 2 fully saturated rings. The smallest absolute Gasteiger partial charge is 0.269 e. The highest BCUT2D eigenvalue weighted by atomic mass is 16.8. The van der Waals surface area contributed by atoms with Crippen molar-refractivity contribution in [3.63, 3.8) is 0 Å². The number of oxime groups is 1. The Morgan fingerprint density at radius 3 is 2.45 bits per heavy atom. The fourth-order valence-electron chi connectivity index (χ4n) is 10.2. The number of nitro groups is 1. The molecule has 2 N–H and O–H groups in total. The maximum atomic E-state index is 14.8. The van der Waals surface area contributed by atoms with Gasteiger partial charge in [-0.15, -0.1) is 6.58 Å². The minimum absolute atomic E-state index is 0.0351. The number of benzene rings is 3. The lowest BCUT2D eigenvalue weighted by molar-refractivity contribution is -0.384. The van der Waals surface area contributed by atoms with Crippen LogP contribution in [0.3, 0.4) is 0 Å². The van der Waals surface area contributed by atoms with Gasteiger partial charge in [0.25, 0.3) is 5.69 Å². The summed E-state index contributed by atoms with van der Waals surface area (Å²) in [4.78, 5) is 33.8. The molecule has 7 unspecified atom stereocenters. The van der Waals surface area contributed by atoms with Crippen LogP contribution >= 0.6 is 0 Å². The Balaban J connectivity index is 1.41. The molecule has 13 heteroatoms. The van der Waals surface area contributed by atoms with E-state index in [1.165, 1.54) is 23.8 Å². The van der Waals surface area contributed by atoms with Crippen molar-refractivity contribution in [2.45, 2.75) is 115 Å². The van der Waals surface area contributed by atoms with Gasteiger partial charge < -0.3 is 38.9 Å². The number of carbonyl (C=O) groups is 1. The number of fused-ring (bicyclic) bond motifs is 2. The number of allylic oxidation sites excluding steroid dienone is 1. The lowest BCUT2D eigenvalue weighted by Crippen LogP contribution is -2.70. The van der Waals surface area contributed by atoms with Crippen LogP contribution in [0.4, 0.5) is 5.69 Å². The summed E-state index contributed by atoms with van der Waals surface area (Å²) in [6.07, 6.45) is 14.8. The van der Waals surface area contributed by atoms with Crippen LogP contribution in [0.2, 0.25) is 0 Å². The second-order valence-electron chi connectivity index (χ2n) is 17.7. The molecule has 3 aromatic rings. The number of carbonyl (C=O) groups excluding carboxylic acids is 1. The van der Waals surface area contributed by atoms with Gasteiger partial charge in [0, 0.05) is 62.3 Å². The van der Waals surface area contributed by atoms with Gasteiger partial charge in [0.2, 0.25) is 18.0 Å². The van der Waals surface area contributed by atoms with E-state index in [0.717, 1.165) is 61.0 Å². The van der Waals surface area contributed by atoms with E-state index >= 15 is 0 Å². The highest BCUT2D eigenvalue weighted by Gasteiger charge is 2.65. The van der Waals surface area contributed by atoms with E-state index in [1.807, 2.05) is 36.1 Å². The highest BCUT2D eigenvalue weighted by molar-refractivity contribution is 6.03. The summed E-state index contributed by atoms with van der Waals surface area (Å²) >= 11 is 0. The average Bonchev–Trinajstić information content (AvgIpc) is 3.31. The number of rotatable bonds is 21. The number of nitro benzene ring substituents is 1. The third-order valence-corrected chi connectivity index (χ3v) is 13.4. The molecule has 1 amide bonds. The molecule has 1 saturated carbocycles. The van der Waals surface area contributed by atoms with Gasteiger partial charge >= 0.3 is 0 Å². The largest absolute Gasteiger partial charge is 0.459 e. The van der Waals surface area contributed by atoms with Crippen molar-refractivity contribution in [1.82, 2.24) is 4.90 Å². The summed E-state index contributed by atoms with van der Waals surface area (Å²) in [5.41, 5.74) is 5.50. The second kappa shape index (κ2) is 22.2. The molecule has 2 heterocycles. The van der Waals surface area contributed by atoms with Gasteiger partial charge in [-0.1, -0.05) is 43.1 Å². The topological polar surface area (TPSA) is 162 Å². The molecule has 348 valence electrons. The SMILES string of the molecule is C=CCOC12Oc3ccc(Oc4ccc(C)c(C)c4)cc3C3C(CCCCO)C(CCCCO)C=C(C(=NOC4CCCCO4)CC1N(CCC)C(=O)C=Cc1ccc([N+](=O)[O-])cc1)C32. The molecule has 2 aliphatic carbocycles. The van der Waals surface area contributed by atoms with E-state index in [-0.39, 0.29) is 55.6 Å². The van der Waals surface area contributed by atoms with Crippen molar-refractivity contribution >= 4 is 23.4 Å². The Kier molecular flexibility index (Phi) is 16.3. The van der Waals surface area contributed by atoms with Crippen molar-refractivity contribution in [2.75, 3.05) is 33.0 Å². The Labute approximate surface area is 382 Å². The molecule has 13 nitrogen and oxygen atoms in total. The Morgan fingerprint density at radius 2 is 1.75 bits per heavy atom. The fourth-order valence-corrected chi connectivity index (χ4v) is 10.2. The molecule has 2 aliphatic heterocycles. The van der Waals surface area contributed by atoms with Crippen LogP contribution < -0.4 is 9.47 Å². The van der Waals surface area contributed by atoms with E-state index in [2.05, 4.69) is 38.6 Å². The van der Waals surface area contributed by atoms with Gasteiger partial charge in [-0.25, -0.2) is 0 Å². The van der Waals surface area contributed by atoms with Crippen molar-refractivity contribution in [2.24, 2.45) is 22.9 Å². The Hall–Kier alpha value is -5.34. The summed E-state index contributed by atoms with van der Waals surface area (Å²) in [7, 11) is 0. The zero-order valence-electron chi connectivity index (χ0n) is 38.1.